The zero-order valence-corrected chi connectivity index (χ0v) is 20.1. The highest BCUT2D eigenvalue weighted by Crippen LogP contribution is 2.39. The molecule has 1 N–H and O–H groups in total. The lowest BCUT2D eigenvalue weighted by molar-refractivity contribution is 0.352. The molecular weight excluding hydrogens is 492 g/mol. The quantitative estimate of drug-likeness (QED) is 0.486. The molecule has 1 aliphatic rings. The highest BCUT2D eigenvalue weighted by atomic mass is 79.9. The first kappa shape index (κ1) is 22.7. The lowest BCUT2D eigenvalue weighted by Crippen LogP contribution is -2.28. The van der Waals surface area contributed by atoms with Gasteiger partial charge in [0.2, 0.25) is 15.7 Å². The molecule has 0 saturated heterocycles. The van der Waals surface area contributed by atoms with Gasteiger partial charge in [0.05, 0.1) is 10.9 Å². The van der Waals surface area contributed by atoms with Gasteiger partial charge in [0.1, 0.15) is 5.82 Å². The summed E-state index contributed by atoms with van der Waals surface area (Å²) in [6.45, 7) is 1.97. The monoisotopic (exact) mass is 516 g/mol. The van der Waals surface area contributed by atoms with Crippen molar-refractivity contribution in [2.75, 3.05) is 0 Å². The van der Waals surface area contributed by atoms with E-state index < -0.39 is 26.2 Å². The Morgan fingerprint density at radius 3 is 2.31 bits per heavy atom. The van der Waals surface area contributed by atoms with E-state index in [1.54, 1.807) is 16.7 Å². The van der Waals surface area contributed by atoms with E-state index in [4.69, 9.17) is 0 Å². The van der Waals surface area contributed by atoms with Gasteiger partial charge in [-0.05, 0) is 49.1 Å². The summed E-state index contributed by atoms with van der Waals surface area (Å²) in [5.41, 5.74) is 0.00784. The molecule has 0 spiro atoms. The molecule has 32 heavy (non-hydrogen) atoms. The van der Waals surface area contributed by atoms with E-state index in [9.17, 15) is 18.3 Å². The van der Waals surface area contributed by atoms with Crippen molar-refractivity contribution in [3.8, 4) is 5.88 Å². The Morgan fingerprint density at radius 2 is 1.72 bits per heavy atom. The van der Waals surface area contributed by atoms with Gasteiger partial charge in [-0.25, -0.2) is 8.42 Å². The van der Waals surface area contributed by atoms with Crippen molar-refractivity contribution in [1.29, 1.82) is 0 Å². The molecule has 2 aromatic carbocycles. The molecule has 1 heterocycles. The van der Waals surface area contributed by atoms with Crippen LogP contribution in [0.1, 0.15) is 62.4 Å². The van der Waals surface area contributed by atoms with Crippen molar-refractivity contribution < 1.29 is 13.5 Å². The summed E-state index contributed by atoms with van der Waals surface area (Å²) in [5, 5.41) is 11.4. The van der Waals surface area contributed by atoms with E-state index in [-0.39, 0.29) is 16.9 Å². The van der Waals surface area contributed by atoms with Crippen molar-refractivity contribution >= 4 is 25.8 Å². The Balaban J connectivity index is 1.98. The molecule has 1 atom stereocenters. The van der Waals surface area contributed by atoms with Crippen molar-refractivity contribution in [1.82, 2.24) is 9.55 Å². The highest BCUT2D eigenvalue weighted by Gasteiger charge is 2.34. The minimum absolute atomic E-state index is 0.01000. The van der Waals surface area contributed by atoms with E-state index in [1.165, 1.54) is 12.1 Å². The fourth-order valence-corrected chi connectivity index (χ4v) is 6.12. The molecule has 0 amide bonds. The Morgan fingerprint density at radius 1 is 1.09 bits per heavy atom. The van der Waals surface area contributed by atoms with Crippen molar-refractivity contribution in [2.45, 2.75) is 60.8 Å². The topological polar surface area (TPSA) is 89.3 Å². The van der Waals surface area contributed by atoms with Gasteiger partial charge in [-0.1, -0.05) is 66.0 Å². The van der Waals surface area contributed by atoms with Crippen LogP contribution in [0.3, 0.4) is 0 Å². The van der Waals surface area contributed by atoms with Crippen LogP contribution < -0.4 is 5.56 Å². The highest BCUT2D eigenvalue weighted by molar-refractivity contribution is 9.10. The molecule has 168 valence electrons. The zero-order valence-electron chi connectivity index (χ0n) is 17.7. The lowest BCUT2D eigenvalue weighted by atomic mass is 10.0. The molecule has 0 radical (unpaired) electrons. The predicted octanol–water partition coefficient (Wildman–Crippen LogP) is 5.20. The van der Waals surface area contributed by atoms with Gasteiger partial charge >= 0.3 is 0 Å². The SMILES string of the molecule is CCC(c1ccccc1)n1c(C2CCCC2)nc(=O)c(S(=O)(=O)c2ccc(Br)cc2)c1O. The first-order valence-electron chi connectivity index (χ1n) is 10.8. The molecule has 0 aliphatic heterocycles. The van der Waals surface area contributed by atoms with Gasteiger partial charge in [0.15, 0.2) is 4.90 Å². The van der Waals surface area contributed by atoms with Crippen LogP contribution in [0.5, 0.6) is 5.88 Å². The van der Waals surface area contributed by atoms with Crippen LogP contribution in [-0.4, -0.2) is 23.1 Å². The average molecular weight is 517 g/mol. The summed E-state index contributed by atoms with van der Waals surface area (Å²) < 4.78 is 29.1. The van der Waals surface area contributed by atoms with Gasteiger partial charge < -0.3 is 5.11 Å². The van der Waals surface area contributed by atoms with E-state index in [1.807, 2.05) is 37.3 Å². The van der Waals surface area contributed by atoms with Crippen molar-refractivity contribution in [3.05, 3.63) is 80.8 Å². The van der Waals surface area contributed by atoms with Gasteiger partial charge in [0, 0.05) is 10.4 Å². The summed E-state index contributed by atoms with van der Waals surface area (Å²) >= 11 is 3.29. The second-order valence-corrected chi connectivity index (χ2v) is 10.9. The maximum absolute atomic E-state index is 13.4. The van der Waals surface area contributed by atoms with Crippen LogP contribution >= 0.6 is 15.9 Å². The van der Waals surface area contributed by atoms with Crippen LogP contribution in [0, 0.1) is 0 Å². The van der Waals surface area contributed by atoms with Gasteiger partial charge in [-0.15, -0.1) is 0 Å². The number of sulfone groups is 1. The standard InChI is InChI=1S/C24H25BrN2O4S/c1-2-20(16-8-4-3-5-9-16)27-22(17-10-6-7-11-17)26-23(28)21(24(27)29)32(30,31)19-14-12-18(25)13-15-19/h3-5,8-9,12-15,17,20,29H,2,6-7,10-11H2,1H3. The predicted molar refractivity (Wildman–Crippen MR) is 126 cm³/mol. The van der Waals surface area contributed by atoms with E-state index >= 15 is 0 Å². The molecule has 8 heteroatoms. The molecule has 1 aromatic heterocycles. The van der Waals surface area contributed by atoms with Crippen LogP contribution in [-0.2, 0) is 9.84 Å². The van der Waals surface area contributed by atoms with Crippen LogP contribution in [0.4, 0.5) is 0 Å². The largest absolute Gasteiger partial charge is 0.493 e. The normalized spacial score (nSPS) is 15.7. The minimum Gasteiger partial charge on any atom is -0.493 e. The molecule has 3 aromatic rings. The maximum atomic E-state index is 13.4. The van der Waals surface area contributed by atoms with Crippen molar-refractivity contribution in [3.63, 3.8) is 0 Å². The van der Waals surface area contributed by atoms with E-state index in [0.29, 0.717) is 16.7 Å². The molecular formula is C24H25BrN2O4S. The fourth-order valence-electron chi connectivity index (χ4n) is 4.51. The van der Waals surface area contributed by atoms with Gasteiger partial charge in [-0.3, -0.25) is 9.36 Å². The summed E-state index contributed by atoms with van der Waals surface area (Å²) in [4.78, 5) is 16.6. The van der Waals surface area contributed by atoms with Crippen LogP contribution in [0.25, 0.3) is 0 Å². The first-order valence-corrected chi connectivity index (χ1v) is 13.0. The average Bonchev–Trinajstić information content (AvgIpc) is 3.31. The van der Waals surface area contributed by atoms with Gasteiger partial charge in [0.25, 0.3) is 5.56 Å². The Bertz CT molecular complexity index is 1270. The number of nitrogens with zero attached hydrogens (tertiary/aromatic N) is 2. The zero-order chi connectivity index (χ0) is 22.9. The van der Waals surface area contributed by atoms with Crippen LogP contribution in [0.2, 0.25) is 0 Å². The number of rotatable bonds is 6. The third kappa shape index (κ3) is 4.13. The number of aromatic hydroxyl groups is 1. The number of benzene rings is 2. The minimum atomic E-state index is -4.27. The third-order valence-corrected chi connectivity index (χ3v) is 8.40. The van der Waals surface area contributed by atoms with Gasteiger partial charge in [-0.2, -0.15) is 4.98 Å². The lowest BCUT2D eigenvalue weighted by Gasteiger charge is -2.27. The van der Waals surface area contributed by atoms with E-state index in [2.05, 4.69) is 20.9 Å². The molecule has 1 aliphatic carbocycles. The second-order valence-electron chi connectivity index (χ2n) is 8.07. The molecule has 4 rings (SSSR count). The molecule has 6 nitrogen and oxygen atoms in total. The maximum Gasteiger partial charge on any atom is 0.296 e. The smallest absolute Gasteiger partial charge is 0.296 e. The fraction of sp³-hybridized carbons (Fsp3) is 0.333. The van der Waals surface area contributed by atoms with E-state index in [0.717, 1.165) is 31.2 Å². The first-order chi connectivity index (χ1) is 15.3. The Hall–Kier alpha value is -2.45. The number of aromatic nitrogens is 2. The molecule has 1 unspecified atom stereocenters. The molecule has 0 bridgehead atoms. The number of hydrogen-bond acceptors (Lipinski definition) is 5. The van der Waals surface area contributed by atoms with Crippen molar-refractivity contribution in [2.24, 2.45) is 0 Å². The Labute approximate surface area is 196 Å². The summed E-state index contributed by atoms with van der Waals surface area (Å²) in [6, 6.07) is 15.2. The third-order valence-electron chi connectivity index (χ3n) is 6.08. The molecule has 1 saturated carbocycles. The van der Waals surface area contributed by atoms with Crippen LogP contribution in [0.15, 0.2) is 73.7 Å². The molecule has 1 fully saturated rings. The summed E-state index contributed by atoms with van der Waals surface area (Å²) in [5.74, 6) is -0.0585. The summed E-state index contributed by atoms with van der Waals surface area (Å²) in [6.07, 6.45) is 4.34. The number of halogens is 1. The second kappa shape index (κ2) is 9.19. The summed E-state index contributed by atoms with van der Waals surface area (Å²) in [7, 11) is -4.27. The number of hydrogen-bond donors (Lipinski definition) is 1. The Kier molecular flexibility index (Phi) is 6.53.